The first-order chi connectivity index (χ1) is 2.89. The van der Waals surface area contributed by atoms with Gasteiger partial charge < -0.3 is 0 Å². The van der Waals surface area contributed by atoms with Crippen LogP contribution in [0.1, 0.15) is 12.8 Å². The Morgan fingerprint density at radius 2 is 1.67 bits per heavy atom. The lowest BCUT2D eigenvalue weighted by atomic mass is 10.4. The molecule has 0 amide bonds. The Balaban J connectivity index is 2.18. The second kappa shape index (κ2) is 1.61. The maximum atomic E-state index is 6.97. The Morgan fingerprint density at radius 3 is 1.83 bits per heavy atom. The molecule has 0 bridgehead atoms. The number of nitrogens with zero attached hydrogens (tertiary/aromatic N) is 1. The van der Waals surface area contributed by atoms with Gasteiger partial charge in [-0.15, -0.1) is 0 Å². The predicted octanol–water partition coefficient (Wildman–Crippen LogP) is 0.628. The van der Waals surface area contributed by atoms with E-state index in [4.69, 9.17) is 7.05 Å². The molecule has 0 aromatic rings. The van der Waals surface area contributed by atoms with Crippen molar-refractivity contribution in [1.82, 2.24) is 4.90 Å². The van der Waals surface area contributed by atoms with Crippen LogP contribution in [0.3, 0.4) is 0 Å². The highest BCUT2D eigenvalue weighted by atomic mass is 15.1. The van der Waals surface area contributed by atoms with Crippen LogP contribution in [0.2, 0.25) is 0 Å². The van der Waals surface area contributed by atoms with Gasteiger partial charge in [0.15, 0.2) is 0 Å². The third-order valence-electron chi connectivity index (χ3n) is 1.11. The molecule has 1 saturated heterocycles. The highest BCUT2D eigenvalue weighted by Crippen LogP contribution is 2.03. The fraction of sp³-hybridized carbons (Fsp3) is 0.800. The maximum absolute atomic E-state index is 6.97. The first-order valence-electron chi connectivity index (χ1n) is 2.36. The van der Waals surface area contributed by atoms with Gasteiger partial charge in [-0.2, -0.15) is 0 Å². The van der Waals surface area contributed by atoms with Crippen LogP contribution in [0.4, 0.5) is 0 Å². The average Bonchev–Trinajstić information content (AvgIpc) is 1.86. The molecule has 1 fully saturated rings. The van der Waals surface area contributed by atoms with Crippen LogP contribution in [0, 0.1) is 7.05 Å². The second-order valence-electron chi connectivity index (χ2n) is 1.69. The lowest BCUT2D eigenvalue weighted by Gasteiger charge is -1.99. The molecule has 0 aromatic heterocycles. The Labute approximate surface area is 39.0 Å². The molecule has 0 spiro atoms. The van der Waals surface area contributed by atoms with Crippen molar-refractivity contribution in [3.63, 3.8) is 0 Å². The topological polar surface area (TPSA) is 3.24 Å². The molecule has 1 rings (SSSR count). The van der Waals surface area contributed by atoms with Crippen molar-refractivity contribution in [2.45, 2.75) is 12.8 Å². The number of hydrogen-bond acceptors (Lipinski definition) is 1. The highest BCUT2D eigenvalue weighted by Gasteiger charge is 2.04. The zero-order valence-corrected chi connectivity index (χ0v) is 3.78. The molecular weight excluding hydrogens is 74.1 g/mol. The minimum absolute atomic E-state index is 0.986. The molecule has 1 aliphatic rings. The fourth-order valence-electron chi connectivity index (χ4n) is 0.717. The molecular formula is C5H8N. The molecule has 1 nitrogen and oxygen atoms in total. The molecule has 3 radical (unpaired) electrons. The van der Waals surface area contributed by atoms with Gasteiger partial charge in [0.1, 0.15) is 0 Å². The largest absolute Gasteiger partial charge is 0.292 e. The van der Waals surface area contributed by atoms with Crippen molar-refractivity contribution >= 4 is 0 Å². The Bertz CT molecular complexity index is 37.2. The lowest BCUT2D eigenvalue weighted by molar-refractivity contribution is 0.462. The van der Waals surface area contributed by atoms with Crippen LogP contribution in [0.25, 0.3) is 0 Å². The third kappa shape index (κ3) is 0.716. The molecule has 33 valence electrons. The Morgan fingerprint density at radius 1 is 1.17 bits per heavy atom. The summed E-state index contributed by atoms with van der Waals surface area (Å²) in [5, 5.41) is 0. The van der Waals surface area contributed by atoms with Gasteiger partial charge in [-0.05, 0) is 25.9 Å². The van der Waals surface area contributed by atoms with E-state index in [-0.39, 0.29) is 0 Å². The molecule has 0 aromatic carbocycles. The summed E-state index contributed by atoms with van der Waals surface area (Å²) < 4.78 is 0. The average molecular weight is 82.1 g/mol. The molecule has 0 unspecified atom stereocenters. The van der Waals surface area contributed by atoms with E-state index in [1.807, 2.05) is 0 Å². The van der Waals surface area contributed by atoms with E-state index in [9.17, 15) is 0 Å². The van der Waals surface area contributed by atoms with Crippen LogP contribution >= 0.6 is 0 Å². The zero-order chi connectivity index (χ0) is 4.41. The predicted molar refractivity (Wildman–Crippen MR) is 24.0 cm³/mol. The van der Waals surface area contributed by atoms with E-state index in [2.05, 4.69) is 0 Å². The van der Waals surface area contributed by atoms with Gasteiger partial charge in [0, 0.05) is 0 Å². The smallest absolute Gasteiger partial charge is 0.0882 e. The molecule has 1 heteroatoms. The summed E-state index contributed by atoms with van der Waals surface area (Å²) in [4.78, 5) is 1.61. The highest BCUT2D eigenvalue weighted by molar-refractivity contribution is 4.62. The molecule has 1 heterocycles. The Hall–Kier alpha value is -0.0400. The summed E-state index contributed by atoms with van der Waals surface area (Å²) in [6.45, 7) is 1.97. The van der Waals surface area contributed by atoms with E-state index >= 15 is 0 Å². The van der Waals surface area contributed by atoms with Gasteiger partial charge in [-0.3, -0.25) is 4.90 Å². The van der Waals surface area contributed by atoms with Gasteiger partial charge in [0.2, 0.25) is 0 Å². The minimum Gasteiger partial charge on any atom is -0.292 e. The van der Waals surface area contributed by atoms with Crippen molar-refractivity contribution in [2.24, 2.45) is 0 Å². The molecule has 0 aliphatic carbocycles. The van der Waals surface area contributed by atoms with Gasteiger partial charge >= 0.3 is 0 Å². The van der Waals surface area contributed by atoms with Gasteiger partial charge in [0.05, 0.1) is 7.05 Å². The first-order valence-corrected chi connectivity index (χ1v) is 2.36. The monoisotopic (exact) mass is 82.1 g/mol. The normalized spacial score (nSPS) is 25.5. The van der Waals surface area contributed by atoms with Crippen LogP contribution in [0.5, 0.6) is 0 Å². The fourth-order valence-corrected chi connectivity index (χ4v) is 0.717. The van der Waals surface area contributed by atoms with Crippen molar-refractivity contribution in [3.05, 3.63) is 7.05 Å². The van der Waals surface area contributed by atoms with Crippen molar-refractivity contribution < 1.29 is 0 Å². The van der Waals surface area contributed by atoms with E-state index < -0.39 is 0 Å². The van der Waals surface area contributed by atoms with Crippen LogP contribution in [-0.4, -0.2) is 18.0 Å². The van der Waals surface area contributed by atoms with Crippen LogP contribution in [0.15, 0.2) is 0 Å². The standard InChI is InChI=1S/C5H8N/c1-6-4-2-3-5-6/h2-5H2. The second-order valence-corrected chi connectivity index (χ2v) is 1.69. The zero-order valence-electron chi connectivity index (χ0n) is 3.78. The summed E-state index contributed by atoms with van der Waals surface area (Å²) in [7, 11) is 6.97. The summed E-state index contributed by atoms with van der Waals surface area (Å²) >= 11 is 0. The Kier molecular flexibility index (Phi) is 1.10. The van der Waals surface area contributed by atoms with E-state index in [0.29, 0.717) is 0 Å². The molecule has 6 heavy (non-hydrogen) atoms. The number of rotatable bonds is 0. The SMILES string of the molecule is [C]N1CCCC1. The van der Waals surface area contributed by atoms with Gasteiger partial charge in [0.25, 0.3) is 0 Å². The van der Waals surface area contributed by atoms with Gasteiger partial charge in [-0.1, -0.05) is 0 Å². The summed E-state index contributed by atoms with van der Waals surface area (Å²) in [5.74, 6) is 0. The van der Waals surface area contributed by atoms with E-state index in [1.165, 1.54) is 12.8 Å². The summed E-state index contributed by atoms with van der Waals surface area (Å²) in [6, 6.07) is 0. The molecule has 1 aliphatic heterocycles. The van der Waals surface area contributed by atoms with Crippen LogP contribution in [-0.2, 0) is 0 Å². The minimum atomic E-state index is 0.986. The van der Waals surface area contributed by atoms with Crippen molar-refractivity contribution in [1.29, 1.82) is 0 Å². The number of hydrogen-bond donors (Lipinski definition) is 0. The number of likely N-dealkylation sites (tertiary alicyclic amines) is 1. The van der Waals surface area contributed by atoms with Crippen LogP contribution < -0.4 is 0 Å². The lowest BCUT2D eigenvalue weighted by Crippen LogP contribution is -2.07. The molecule has 0 N–H and O–H groups in total. The maximum Gasteiger partial charge on any atom is 0.0882 e. The molecule has 0 atom stereocenters. The summed E-state index contributed by atoms with van der Waals surface area (Å²) in [6.07, 6.45) is 2.45. The quantitative estimate of drug-likeness (QED) is 0.414. The van der Waals surface area contributed by atoms with E-state index in [1.54, 1.807) is 4.90 Å². The first kappa shape index (κ1) is 4.13. The summed E-state index contributed by atoms with van der Waals surface area (Å²) in [5.41, 5.74) is 0. The van der Waals surface area contributed by atoms with E-state index in [0.717, 1.165) is 13.1 Å². The van der Waals surface area contributed by atoms with Crippen molar-refractivity contribution in [2.75, 3.05) is 13.1 Å². The van der Waals surface area contributed by atoms with Crippen molar-refractivity contribution in [3.8, 4) is 0 Å². The van der Waals surface area contributed by atoms with Gasteiger partial charge in [-0.25, -0.2) is 0 Å². The third-order valence-corrected chi connectivity index (χ3v) is 1.11. The molecule has 0 saturated carbocycles.